The van der Waals surface area contributed by atoms with Gasteiger partial charge >= 0.3 is 0 Å². The Morgan fingerprint density at radius 1 is 0.828 bits per heavy atom. The minimum absolute atomic E-state index is 0.154. The van der Waals surface area contributed by atoms with E-state index in [1.165, 1.54) is 0 Å². The zero-order valence-corrected chi connectivity index (χ0v) is 18.3. The van der Waals surface area contributed by atoms with Crippen LogP contribution in [0.1, 0.15) is 11.1 Å². The number of rotatable bonds is 7. The number of phenolic OH excluding ortho intramolecular Hbond substituents is 1. The van der Waals surface area contributed by atoms with Gasteiger partial charge in [-0.2, -0.15) is 0 Å². The third-order valence-electron chi connectivity index (χ3n) is 4.17. The molecule has 0 heterocycles. The molecule has 0 radical (unpaired) electrons. The van der Waals surface area contributed by atoms with Crippen LogP contribution in [0.3, 0.4) is 0 Å². The molecule has 3 aromatic rings. The molecule has 8 heteroatoms. The number of ether oxygens (including phenoxy) is 2. The van der Waals surface area contributed by atoms with Gasteiger partial charge in [0.2, 0.25) is 0 Å². The second-order valence-electron chi connectivity index (χ2n) is 6.12. The molecule has 0 aromatic heterocycles. The maximum absolute atomic E-state index is 9.66. The smallest absolute Gasteiger partial charge is 0.163 e. The molecule has 3 rings (SSSR count). The summed E-state index contributed by atoms with van der Waals surface area (Å²) in [6.45, 7) is 0.673. The number of phenols is 1. The van der Waals surface area contributed by atoms with Crippen LogP contribution in [0.15, 0.2) is 48.5 Å². The number of halogens is 4. The molecule has 29 heavy (non-hydrogen) atoms. The molecule has 3 aromatic carbocycles. The van der Waals surface area contributed by atoms with E-state index < -0.39 is 0 Å². The van der Waals surface area contributed by atoms with Crippen LogP contribution in [-0.2, 0) is 13.2 Å². The second kappa shape index (κ2) is 9.68. The first-order valence-corrected chi connectivity index (χ1v) is 10.0. The molecular formula is C21H17Cl4NO3. The first-order valence-electron chi connectivity index (χ1n) is 8.53. The van der Waals surface area contributed by atoms with Crippen LogP contribution in [0.4, 0.5) is 5.69 Å². The number of hydrogen-bond donors (Lipinski definition) is 2. The summed E-state index contributed by atoms with van der Waals surface area (Å²) in [7, 11) is 1.56. The summed E-state index contributed by atoms with van der Waals surface area (Å²) in [5, 5.41) is 14.3. The quantitative estimate of drug-likeness (QED) is 0.357. The highest BCUT2D eigenvalue weighted by atomic mass is 35.5. The summed E-state index contributed by atoms with van der Waals surface area (Å²) in [6, 6.07) is 14.1. The topological polar surface area (TPSA) is 50.7 Å². The summed E-state index contributed by atoms with van der Waals surface area (Å²) in [5.74, 6) is 0.899. The van der Waals surface area contributed by atoms with E-state index in [1.807, 2.05) is 18.2 Å². The maximum atomic E-state index is 9.66. The van der Waals surface area contributed by atoms with Gasteiger partial charge in [0, 0.05) is 33.9 Å². The average molecular weight is 473 g/mol. The largest absolute Gasteiger partial charge is 0.505 e. The molecule has 4 nitrogen and oxygen atoms in total. The van der Waals surface area contributed by atoms with Crippen molar-refractivity contribution in [2.24, 2.45) is 0 Å². The predicted octanol–water partition coefficient (Wildman–Crippen LogP) is 7.21. The van der Waals surface area contributed by atoms with E-state index >= 15 is 0 Å². The fourth-order valence-corrected chi connectivity index (χ4v) is 3.52. The lowest BCUT2D eigenvalue weighted by Gasteiger charge is -2.15. The lowest BCUT2D eigenvalue weighted by Crippen LogP contribution is -2.03. The van der Waals surface area contributed by atoms with E-state index in [9.17, 15) is 5.11 Å². The first-order chi connectivity index (χ1) is 13.9. The normalized spacial score (nSPS) is 10.7. The van der Waals surface area contributed by atoms with Crippen molar-refractivity contribution in [1.29, 1.82) is 0 Å². The zero-order valence-electron chi connectivity index (χ0n) is 15.3. The Morgan fingerprint density at radius 3 is 2.17 bits per heavy atom. The fourth-order valence-electron chi connectivity index (χ4n) is 2.62. The standard InChI is InChI=1S/C21H17Cl4NO3/c1-28-19-6-13(10-26-14-7-17(24)21(27)18(25)8-14)16(23)9-20(19)29-11-12-4-2-3-5-15(12)22/h2-9,26-27H,10-11H2,1H3. The van der Waals surface area contributed by atoms with Crippen molar-refractivity contribution < 1.29 is 14.6 Å². The highest BCUT2D eigenvalue weighted by Crippen LogP contribution is 2.37. The van der Waals surface area contributed by atoms with Gasteiger partial charge in [0.1, 0.15) is 6.61 Å². The molecule has 0 bridgehead atoms. The van der Waals surface area contributed by atoms with Crippen LogP contribution in [0.2, 0.25) is 20.1 Å². The molecule has 2 N–H and O–H groups in total. The SMILES string of the molecule is COc1cc(CNc2cc(Cl)c(O)c(Cl)c2)c(Cl)cc1OCc1ccccc1Cl. The van der Waals surface area contributed by atoms with Gasteiger partial charge in [-0.25, -0.2) is 0 Å². The summed E-state index contributed by atoms with van der Waals surface area (Å²) >= 11 is 24.5. The fraction of sp³-hybridized carbons (Fsp3) is 0.143. The van der Waals surface area contributed by atoms with E-state index in [-0.39, 0.29) is 22.4 Å². The number of hydrogen-bond acceptors (Lipinski definition) is 4. The van der Waals surface area contributed by atoms with E-state index in [0.29, 0.717) is 33.8 Å². The van der Waals surface area contributed by atoms with Crippen molar-refractivity contribution in [3.8, 4) is 17.2 Å². The van der Waals surface area contributed by atoms with Crippen LogP contribution >= 0.6 is 46.4 Å². The number of benzene rings is 3. The van der Waals surface area contributed by atoms with Gasteiger partial charge in [0.05, 0.1) is 17.2 Å². The molecule has 152 valence electrons. The van der Waals surface area contributed by atoms with Crippen molar-refractivity contribution >= 4 is 52.1 Å². The lowest BCUT2D eigenvalue weighted by molar-refractivity contribution is 0.284. The van der Waals surface area contributed by atoms with Gasteiger partial charge in [0.25, 0.3) is 0 Å². The summed E-state index contributed by atoms with van der Waals surface area (Å²) in [6.07, 6.45) is 0. The molecule has 0 spiro atoms. The Hall–Kier alpha value is -1.98. The van der Waals surface area contributed by atoms with E-state index in [4.69, 9.17) is 55.9 Å². The van der Waals surface area contributed by atoms with E-state index in [0.717, 1.165) is 11.1 Å². The van der Waals surface area contributed by atoms with Crippen molar-refractivity contribution in [2.75, 3.05) is 12.4 Å². The van der Waals surface area contributed by atoms with Gasteiger partial charge in [-0.15, -0.1) is 0 Å². The summed E-state index contributed by atoms with van der Waals surface area (Å²) < 4.78 is 11.3. The van der Waals surface area contributed by atoms with Gasteiger partial charge in [-0.3, -0.25) is 0 Å². The minimum atomic E-state index is -0.154. The van der Waals surface area contributed by atoms with Gasteiger partial charge < -0.3 is 19.9 Å². The molecule has 0 saturated carbocycles. The first kappa shape index (κ1) is 21.7. The molecule has 0 aliphatic rings. The third-order valence-corrected chi connectivity index (χ3v) is 5.47. The van der Waals surface area contributed by atoms with Gasteiger partial charge in [-0.1, -0.05) is 64.6 Å². The average Bonchev–Trinajstić information content (AvgIpc) is 2.70. The number of aromatic hydroxyl groups is 1. The molecule has 0 atom stereocenters. The molecule has 0 aliphatic heterocycles. The third kappa shape index (κ3) is 5.34. The van der Waals surface area contributed by atoms with Crippen molar-refractivity contribution in [1.82, 2.24) is 0 Å². The highest BCUT2D eigenvalue weighted by molar-refractivity contribution is 6.37. The van der Waals surface area contributed by atoms with Gasteiger partial charge in [0.15, 0.2) is 17.2 Å². The zero-order chi connectivity index (χ0) is 21.0. The summed E-state index contributed by atoms with van der Waals surface area (Å²) in [4.78, 5) is 0. The van der Waals surface area contributed by atoms with Gasteiger partial charge in [-0.05, 0) is 29.8 Å². The van der Waals surface area contributed by atoms with E-state index in [1.54, 1.807) is 37.4 Å². The second-order valence-corrected chi connectivity index (χ2v) is 7.75. The van der Waals surface area contributed by atoms with Crippen molar-refractivity contribution in [3.63, 3.8) is 0 Å². The number of nitrogens with one attached hydrogen (secondary N) is 1. The van der Waals surface area contributed by atoms with Crippen LogP contribution in [0.25, 0.3) is 0 Å². The van der Waals surface area contributed by atoms with Crippen molar-refractivity contribution in [2.45, 2.75) is 13.2 Å². The molecule has 0 saturated heterocycles. The Morgan fingerprint density at radius 2 is 1.52 bits per heavy atom. The maximum Gasteiger partial charge on any atom is 0.163 e. The highest BCUT2D eigenvalue weighted by Gasteiger charge is 2.13. The predicted molar refractivity (Wildman–Crippen MR) is 119 cm³/mol. The van der Waals surface area contributed by atoms with Crippen LogP contribution in [-0.4, -0.2) is 12.2 Å². The number of anilines is 1. The molecule has 0 amide bonds. The Kier molecular flexibility index (Phi) is 7.25. The molecule has 0 aliphatic carbocycles. The molecule has 0 unspecified atom stereocenters. The van der Waals surface area contributed by atoms with Crippen molar-refractivity contribution in [3.05, 3.63) is 79.7 Å². The minimum Gasteiger partial charge on any atom is -0.505 e. The van der Waals surface area contributed by atoms with Crippen LogP contribution < -0.4 is 14.8 Å². The Bertz CT molecular complexity index is 1000. The molecular weight excluding hydrogens is 456 g/mol. The summed E-state index contributed by atoms with van der Waals surface area (Å²) in [5.41, 5.74) is 2.29. The van der Waals surface area contributed by atoms with Crippen LogP contribution in [0.5, 0.6) is 17.2 Å². The van der Waals surface area contributed by atoms with Crippen LogP contribution in [0, 0.1) is 0 Å². The Balaban J connectivity index is 1.75. The van der Waals surface area contributed by atoms with E-state index in [2.05, 4.69) is 5.32 Å². The Labute approximate surface area is 188 Å². The monoisotopic (exact) mass is 471 g/mol. The lowest BCUT2D eigenvalue weighted by atomic mass is 10.2. The molecule has 0 fully saturated rings. The number of methoxy groups -OCH3 is 1.